The summed E-state index contributed by atoms with van der Waals surface area (Å²) < 4.78 is 0. The molecule has 35 heavy (non-hydrogen) atoms. The lowest BCUT2D eigenvalue weighted by Crippen LogP contribution is -2.61. The molecule has 1 heterocycles. The van der Waals surface area contributed by atoms with Gasteiger partial charge in [0.1, 0.15) is 0 Å². The summed E-state index contributed by atoms with van der Waals surface area (Å²) in [5.74, 6) is 1.23. The fourth-order valence-corrected chi connectivity index (χ4v) is 8.22. The average molecular weight is 499 g/mol. The largest absolute Gasteiger partial charge is 0.393 e. The van der Waals surface area contributed by atoms with Crippen molar-refractivity contribution < 1.29 is 19.8 Å². The summed E-state index contributed by atoms with van der Waals surface area (Å²) in [6.07, 6.45) is 11.8. The highest BCUT2D eigenvalue weighted by molar-refractivity contribution is 6.31. The van der Waals surface area contributed by atoms with Crippen molar-refractivity contribution in [3.63, 3.8) is 0 Å². The Hall–Kier alpha value is -1.89. The van der Waals surface area contributed by atoms with E-state index in [1.54, 1.807) is 6.07 Å². The van der Waals surface area contributed by atoms with Gasteiger partial charge < -0.3 is 20.4 Å². The van der Waals surface area contributed by atoms with Gasteiger partial charge in [-0.05, 0) is 99.7 Å². The lowest BCUT2D eigenvalue weighted by Gasteiger charge is -2.59. The topological polar surface area (TPSA) is 89.9 Å². The molecule has 4 bridgehead atoms. The minimum Gasteiger partial charge on any atom is -0.393 e. The molecule has 7 heteroatoms. The van der Waals surface area contributed by atoms with Crippen molar-refractivity contribution in [1.29, 1.82) is 0 Å². The predicted octanol–water partition coefficient (Wildman–Crippen LogP) is 4.28. The van der Waals surface area contributed by atoms with Crippen LogP contribution in [0.5, 0.6) is 0 Å². The maximum Gasteiger partial charge on any atom is 0.234 e. The van der Waals surface area contributed by atoms with Crippen LogP contribution in [0.4, 0.5) is 5.69 Å². The number of hydrogen-bond acceptors (Lipinski definition) is 4. The van der Waals surface area contributed by atoms with E-state index in [0.29, 0.717) is 60.6 Å². The molecule has 3 atom stereocenters. The van der Waals surface area contributed by atoms with Gasteiger partial charge in [0.25, 0.3) is 0 Å². The first-order chi connectivity index (χ1) is 16.8. The second-order valence-corrected chi connectivity index (χ2v) is 12.3. The van der Waals surface area contributed by atoms with E-state index >= 15 is 0 Å². The third-order valence-electron chi connectivity index (χ3n) is 9.39. The molecule has 1 aliphatic heterocycles. The predicted molar refractivity (Wildman–Crippen MR) is 134 cm³/mol. The van der Waals surface area contributed by atoms with E-state index in [1.165, 1.54) is 0 Å². The number of nitrogens with one attached hydrogen (secondary N) is 1. The van der Waals surface area contributed by atoms with Crippen LogP contribution >= 0.6 is 11.6 Å². The van der Waals surface area contributed by atoms with Gasteiger partial charge in [-0.15, -0.1) is 0 Å². The van der Waals surface area contributed by atoms with Gasteiger partial charge in [0.05, 0.1) is 17.6 Å². The number of benzene rings is 1. The fraction of sp³-hybridized carbons (Fsp3) is 0.643. The minimum absolute atomic E-state index is 0.0226. The van der Waals surface area contributed by atoms with Crippen molar-refractivity contribution in [2.24, 2.45) is 29.6 Å². The normalized spacial score (nSPS) is 39.9. The van der Waals surface area contributed by atoms with Crippen molar-refractivity contribution in [2.75, 3.05) is 5.32 Å². The summed E-state index contributed by atoms with van der Waals surface area (Å²) in [5.41, 5.74) is 1.06. The molecule has 5 saturated carbocycles. The molecule has 2 amide bonds. The number of hydrogen-bond donors (Lipinski definition) is 3. The smallest absolute Gasteiger partial charge is 0.234 e. The monoisotopic (exact) mass is 498 g/mol. The van der Waals surface area contributed by atoms with Crippen LogP contribution in [-0.4, -0.2) is 44.7 Å². The van der Waals surface area contributed by atoms with Crippen molar-refractivity contribution in [2.45, 2.75) is 82.0 Å². The molecular formula is C28H35ClN2O4. The lowest BCUT2D eigenvalue weighted by atomic mass is 9.52. The molecule has 6 aliphatic rings. The Morgan fingerprint density at radius 2 is 1.83 bits per heavy atom. The molecule has 6 nitrogen and oxygen atoms in total. The van der Waals surface area contributed by atoms with Crippen molar-refractivity contribution in [3.8, 4) is 0 Å². The zero-order valence-electron chi connectivity index (χ0n) is 20.0. The van der Waals surface area contributed by atoms with Gasteiger partial charge in [-0.3, -0.25) is 9.59 Å². The van der Waals surface area contributed by atoms with Crippen LogP contribution in [0.15, 0.2) is 30.5 Å². The van der Waals surface area contributed by atoms with Crippen LogP contribution in [0.3, 0.4) is 0 Å². The van der Waals surface area contributed by atoms with Gasteiger partial charge in [0.15, 0.2) is 0 Å². The van der Waals surface area contributed by atoms with Crippen LogP contribution < -0.4 is 5.32 Å². The maximum absolute atomic E-state index is 13.4. The summed E-state index contributed by atoms with van der Waals surface area (Å²) in [7, 11) is 0. The standard InChI is InChI=1S/C28H35ClN2O4/c29-24-12-22(30-26(33)17-2-5-23(32)6-3-17)4-1-18(24)11-19-7-8-31(27(19)34)25-20-9-16-10-21(25)15-28(35,13-16)14-20/h1,4,7-8,12,16-17,19-21,23,25,32,35H,2-3,5-6,9-11,13-15H2,(H,30,33). The number of nitrogens with zero attached hydrogens (tertiary/aromatic N) is 1. The number of amides is 2. The summed E-state index contributed by atoms with van der Waals surface area (Å²) in [5, 5.41) is 24.1. The Morgan fingerprint density at radius 1 is 1.11 bits per heavy atom. The summed E-state index contributed by atoms with van der Waals surface area (Å²) in [6, 6.07) is 5.75. The third kappa shape index (κ3) is 4.42. The van der Waals surface area contributed by atoms with Crippen molar-refractivity contribution >= 4 is 29.1 Å². The second-order valence-electron chi connectivity index (χ2n) is 11.9. The Kier molecular flexibility index (Phi) is 5.97. The number of aliphatic hydroxyl groups excluding tert-OH is 1. The third-order valence-corrected chi connectivity index (χ3v) is 9.74. The SMILES string of the molecule is O=C(Nc1ccc(CC2C=CN(C3C4CC5CC3CC(O)(C5)C4)C2=O)c(Cl)c1)C1CCC(O)CC1. The van der Waals surface area contributed by atoms with Crippen LogP contribution in [0, 0.1) is 29.6 Å². The molecule has 1 aromatic carbocycles. The summed E-state index contributed by atoms with van der Waals surface area (Å²) in [6.45, 7) is 0. The van der Waals surface area contributed by atoms with E-state index in [4.69, 9.17) is 11.6 Å². The highest BCUT2D eigenvalue weighted by Crippen LogP contribution is 2.57. The van der Waals surface area contributed by atoms with Crippen molar-refractivity contribution in [3.05, 3.63) is 41.1 Å². The van der Waals surface area contributed by atoms with Gasteiger partial charge in [0.2, 0.25) is 11.8 Å². The fourth-order valence-electron chi connectivity index (χ4n) is 7.96. The summed E-state index contributed by atoms with van der Waals surface area (Å²) >= 11 is 6.58. The molecule has 0 saturated heterocycles. The van der Waals surface area contributed by atoms with E-state index < -0.39 is 5.60 Å². The number of halogens is 1. The van der Waals surface area contributed by atoms with Crippen LogP contribution in [-0.2, 0) is 16.0 Å². The summed E-state index contributed by atoms with van der Waals surface area (Å²) in [4.78, 5) is 28.0. The minimum atomic E-state index is -0.498. The quantitative estimate of drug-likeness (QED) is 0.565. The second kappa shape index (κ2) is 8.89. The maximum atomic E-state index is 13.4. The Morgan fingerprint density at radius 3 is 2.49 bits per heavy atom. The zero-order chi connectivity index (χ0) is 24.3. The molecule has 5 fully saturated rings. The molecule has 0 radical (unpaired) electrons. The number of carbonyl (C=O) groups is 2. The Bertz CT molecular complexity index is 1030. The number of anilines is 1. The highest BCUT2D eigenvalue weighted by atomic mass is 35.5. The van der Waals surface area contributed by atoms with Gasteiger partial charge in [0, 0.05) is 28.9 Å². The lowest BCUT2D eigenvalue weighted by molar-refractivity contribution is -0.164. The Labute approximate surface area is 211 Å². The molecule has 1 aromatic rings. The van der Waals surface area contributed by atoms with E-state index in [1.807, 2.05) is 29.3 Å². The first-order valence-electron chi connectivity index (χ1n) is 13.3. The number of aliphatic hydroxyl groups is 2. The van der Waals surface area contributed by atoms with E-state index in [9.17, 15) is 19.8 Å². The zero-order valence-corrected chi connectivity index (χ0v) is 20.8. The molecule has 3 unspecified atom stereocenters. The highest BCUT2D eigenvalue weighted by Gasteiger charge is 2.57. The van der Waals surface area contributed by atoms with Gasteiger partial charge in [-0.1, -0.05) is 23.7 Å². The van der Waals surface area contributed by atoms with E-state index in [-0.39, 0.29) is 35.8 Å². The molecule has 7 rings (SSSR count). The molecular weight excluding hydrogens is 464 g/mol. The van der Waals surface area contributed by atoms with Crippen LogP contribution in [0.1, 0.15) is 63.4 Å². The van der Waals surface area contributed by atoms with E-state index in [2.05, 4.69) is 5.32 Å². The van der Waals surface area contributed by atoms with Crippen LogP contribution in [0.2, 0.25) is 5.02 Å². The number of carbonyl (C=O) groups excluding carboxylic acids is 2. The molecule has 3 N–H and O–H groups in total. The van der Waals surface area contributed by atoms with E-state index in [0.717, 1.165) is 37.7 Å². The van der Waals surface area contributed by atoms with Crippen molar-refractivity contribution in [1.82, 2.24) is 4.90 Å². The van der Waals surface area contributed by atoms with Gasteiger partial charge in [-0.25, -0.2) is 0 Å². The molecule has 0 spiro atoms. The molecule has 0 aromatic heterocycles. The van der Waals surface area contributed by atoms with Gasteiger partial charge >= 0.3 is 0 Å². The number of rotatable bonds is 5. The first-order valence-corrected chi connectivity index (χ1v) is 13.7. The van der Waals surface area contributed by atoms with Gasteiger partial charge in [-0.2, -0.15) is 0 Å². The van der Waals surface area contributed by atoms with Crippen LogP contribution in [0.25, 0.3) is 0 Å². The molecule has 5 aliphatic carbocycles. The molecule has 188 valence electrons. The Balaban J connectivity index is 1.08. The first kappa shape index (κ1) is 23.5. The average Bonchev–Trinajstić information content (AvgIpc) is 3.14.